The Hall–Kier alpha value is -1.28. The van der Waals surface area contributed by atoms with E-state index in [2.05, 4.69) is 31.2 Å². The van der Waals surface area contributed by atoms with E-state index in [4.69, 9.17) is 11.6 Å². The van der Waals surface area contributed by atoms with Crippen LogP contribution in [-0.2, 0) is 4.79 Å². The molecule has 1 atom stereocenters. The first-order valence-corrected chi connectivity index (χ1v) is 6.96. The van der Waals surface area contributed by atoms with Gasteiger partial charge in [-0.25, -0.2) is 0 Å². The zero-order valence-electron chi connectivity index (χ0n) is 12.1. The van der Waals surface area contributed by atoms with Crippen molar-refractivity contribution < 1.29 is 4.79 Å². The van der Waals surface area contributed by atoms with Gasteiger partial charge in [0, 0.05) is 5.56 Å². The zero-order chi connectivity index (χ0) is 14.4. The normalized spacial score (nSPS) is 18.6. The van der Waals surface area contributed by atoms with Gasteiger partial charge in [0.15, 0.2) is 0 Å². The van der Waals surface area contributed by atoms with Crippen LogP contribution in [0.15, 0.2) is 24.3 Å². The van der Waals surface area contributed by atoms with Gasteiger partial charge < -0.3 is 4.90 Å². The highest BCUT2D eigenvalue weighted by Crippen LogP contribution is 2.39. The van der Waals surface area contributed by atoms with Gasteiger partial charge in [-0.1, -0.05) is 18.2 Å². The number of aryl methyl sites for hydroxylation is 1. The predicted molar refractivity (Wildman–Crippen MR) is 81.7 cm³/mol. The minimum absolute atomic E-state index is 0.0535. The molecule has 1 aromatic carbocycles. The number of hydrogen-bond donors (Lipinski definition) is 0. The fraction of sp³-hybridized carbons (Fsp3) is 0.438. The number of hydrogen-bond acceptors (Lipinski definition) is 1. The molecule has 3 heteroatoms. The molecule has 1 amide bonds. The van der Waals surface area contributed by atoms with Crippen molar-refractivity contribution in [1.29, 1.82) is 0 Å². The number of nitrogens with zero attached hydrogens (tertiary/aromatic N) is 1. The van der Waals surface area contributed by atoms with Crippen LogP contribution in [0.5, 0.6) is 0 Å². The van der Waals surface area contributed by atoms with Gasteiger partial charge in [-0.05, 0) is 51.8 Å². The van der Waals surface area contributed by atoms with Crippen molar-refractivity contribution in [1.82, 2.24) is 0 Å². The van der Waals surface area contributed by atoms with Gasteiger partial charge in [0.05, 0.1) is 11.2 Å². The highest BCUT2D eigenvalue weighted by Gasteiger charge is 2.37. The average molecular weight is 278 g/mol. The Balaban J connectivity index is 2.66. The second kappa shape index (κ2) is 4.68. The van der Waals surface area contributed by atoms with Gasteiger partial charge in [0.1, 0.15) is 5.38 Å². The minimum Gasteiger partial charge on any atom is -0.301 e. The first-order valence-electron chi connectivity index (χ1n) is 6.52. The lowest BCUT2D eigenvalue weighted by molar-refractivity contribution is -0.118. The van der Waals surface area contributed by atoms with Gasteiger partial charge >= 0.3 is 0 Å². The summed E-state index contributed by atoms with van der Waals surface area (Å²) in [6.07, 6.45) is 2.13. The molecule has 0 saturated carbocycles. The Morgan fingerprint density at radius 2 is 1.95 bits per heavy atom. The number of carbonyl (C=O) groups excluding carboxylic acids is 1. The third-order valence-corrected chi connectivity index (χ3v) is 3.71. The molecule has 0 bridgehead atoms. The van der Waals surface area contributed by atoms with Gasteiger partial charge in [0.2, 0.25) is 5.91 Å². The largest absolute Gasteiger partial charge is 0.301 e. The summed E-state index contributed by atoms with van der Waals surface area (Å²) in [6.45, 7) is 9.92. The smallest absolute Gasteiger partial charge is 0.245 e. The monoisotopic (exact) mass is 277 g/mol. The van der Waals surface area contributed by atoms with Gasteiger partial charge in [0.25, 0.3) is 0 Å². The van der Waals surface area contributed by atoms with Crippen molar-refractivity contribution in [2.45, 2.75) is 45.5 Å². The van der Waals surface area contributed by atoms with Crippen molar-refractivity contribution in [3.05, 3.63) is 35.4 Å². The van der Waals surface area contributed by atoms with Crippen molar-refractivity contribution in [2.75, 3.05) is 4.90 Å². The van der Waals surface area contributed by atoms with Crippen molar-refractivity contribution in [3.8, 4) is 0 Å². The molecule has 0 aromatic heterocycles. The maximum absolute atomic E-state index is 12.5. The van der Waals surface area contributed by atoms with Gasteiger partial charge in [-0.15, -0.1) is 11.6 Å². The molecule has 0 spiro atoms. The lowest BCUT2D eigenvalue weighted by atomic mass is 9.88. The highest BCUT2D eigenvalue weighted by atomic mass is 35.5. The molecule has 2 rings (SSSR count). The Morgan fingerprint density at radius 1 is 1.32 bits per heavy atom. The first kappa shape index (κ1) is 14.1. The van der Waals surface area contributed by atoms with Crippen molar-refractivity contribution >= 4 is 28.8 Å². The fourth-order valence-electron chi connectivity index (χ4n) is 2.72. The standard InChI is InChI=1S/C16H20ClNO/c1-10-6-7-13-11(2)9-16(4,5)18(14(13)8-10)15(19)12(3)17/h6-9,12H,1-5H3/t12-/m1/s1. The number of fused-ring (bicyclic) bond motifs is 1. The molecule has 0 N–H and O–H groups in total. The van der Waals surface area contributed by atoms with Crippen LogP contribution in [0.25, 0.3) is 5.57 Å². The number of rotatable bonds is 1. The maximum atomic E-state index is 12.5. The molecular formula is C16H20ClNO. The third-order valence-electron chi connectivity index (χ3n) is 3.53. The predicted octanol–water partition coefficient (Wildman–Crippen LogP) is 4.15. The Labute approximate surface area is 120 Å². The number of benzene rings is 1. The Morgan fingerprint density at radius 3 is 2.53 bits per heavy atom. The molecule has 1 heterocycles. The molecule has 0 radical (unpaired) electrons. The molecule has 102 valence electrons. The summed E-state index contributed by atoms with van der Waals surface area (Å²) in [6, 6.07) is 6.21. The van der Waals surface area contributed by atoms with E-state index >= 15 is 0 Å². The van der Waals surface area contributed by atoms with Crippen LogP contribution in [0.2, 0.25) is 0 Å². The summed E-state index contributed by atoms with van der Waals surface area (Å²) < 4.78 is 0. The molecular weight excluding hydrogens is 258 g/mol. The molecule has 19 heavy (non-hydrogen) atoms. The summed E-state index contributed by atoms with van der Waals surface area (Å²) in [5.41, 5.74) is 4.05. The summed E-state index contributed by atoms with van der Waals surface area (Å²) in [7, 11) is 0. The highest BCUT2D eigenvalue weighted by molar-refractivity contribution is 6.33. The van der Waals surface area contributed by atoms with Crippen LogP contribution in [0.3, 0.4) is 0 Å². The fourth-order valence-corrected chi connectivity index (χ4v) is 2.82. The van der Waals surface area contributed by atoms with E-state index in [-0.39, 0.29) is 11.4 Å². The van der Waals surface area contributed by atoms with E-state index in [9.17, 15) is 4.79 Å². The van der Waals surface area contributed by atoms with Crippen LogP contribution in [0.4, 0.5) is 5.69 Å². The number of carbonyl (C=O) groups is 1. The SMILES string of the molecule is CC1=CC(C)(C)N(C(=O)[C@@H](C)Cl)c2cc(C)ccc21. The van der Waals surface area contributed by atoms with E-state index in [0.717, 1.165) is 16.8 Å². The first-order chi connectivity index (χ1) is 8.74. The molecule has 0 fully saturated rings. The summed E-state index contributed by atoms with van der Waals surface area (Å²) in [5.74, 6) is -0.0535. The Kier molecular flexibility index (Phi) is 3.48. The van der Waals surface area contributed by atoms with Crippen LogP contribution < -0.4 is 4.90 Å². The van der Waals surface area contributed by atoms with Crippen LogP contribution in [-0.4, -0.2) is 16.8 Å². The number of alkyl halides is 1. The second-order valence-corrected chi connectivity index (χ2v) is 6.45. The molecule has 0 aliphatic carbocycles. The third kappa shape index (κ3) is 2.42. The van der Waals surface area contributed by atoms with Gasteiger partial charge in [-0.2, -0.15) is 0 Å². The van der Waals surface area contributed by atoms with Crippen molar-refractivity contribution in [3.63, 3.8) is 0 Å². The topological polar surface area (TPSA) is 20.3 Å². The molecule has 1 aromatic rings. The quantitative estimate of drug-likeness (QED) is 0.706. The lowest BCUT2D eigenvalue weighted by Crippen LogP contribution is -2.51. The van der Waals surface area contributed by atoms with E-state index < -0.39 is 5.38 Å². The summed E-state index contributed by atoms with van der Waals surface area (Å²) >= 11 is 6.02. The van der Waals surface area contributed by atoms with E-state index in [1.807, 2.05) is 25.7 Å². The molecule has 1 aliphatic heterocycles. The number of halogens is 1. The minimum atomic E-state index is -0.528. The molecule has 0 saturated heterocycles. The molecule has 1 aliphatic rings. The van der Waals surface area contributed by atoms with E-state index in [1.54, 1.807) is 6.92 Å². The summed E-state index contributed by atoms with van der Waals surface area (Å²) in [4.78, 5) is 14.3. The number of anilines is 1. The van der Waals surface area contributed by atoms with Crippen LogP contribution in [0, 0.1) is 6.92 Å². The van der Waals surface area contributed by atoms with E-state index in [1.165, 1.54) is 5.57 Å². The van der Waals surface area contributed by atoms with Crippen LogP contribution >= 0.6 is 11.6 Å². The molecule has 0 unspecified atom stereocenters. The van der Waals surface area contributed by atoms with E-state index in [0.29, 0.717) is 0 Å². The lowest BCUT2D eigenvalue weighted by Gasteiger charge is -2.42. The average Bonchev–Trinajstić information content (AvgIpc) is 2.26. The number of allylic oxidation sites excluding steroid dienone is 1. The van der Waals surface area contributed by atoms with Crippen molar-refractivity contribution in [2.24, 2.45) is 0 Å². The molecule has 2 nitrogen and oxygen atoms in total. The van der Waals surface area contributed by atoms with Gasteiger partial charge in [-0.3, -0.25) is 4.79 Å². The maximum Gasteiger partial charge on any atom is 0.245 e. The number of amides is 1. The Bertz CT molecular complexity index is 558. The van der Waals surface area contributed by atoms with Crippen LogP contribution in [0.1, 0.15) is 38.8 Å². The second-order valence-electron chi connectivity index (χ2n) is 5.79. The zero-order valence-corrected chi connectivity index (χ0v) is 12.9. The summed E-state index contributed by atoms with van der Waals surface area (Å²) in [5, 5.41) is -0.528.